The van der Waals surface area contributed by atoms with Crippen LogP contribution in [0.15, 0.2) is 42.7 Å². The topological polar surface area (TPSA) is 34.1 Å². The number of hydrogen-bond donors (Lipinski definition) is 1. The summed E-state index contributed by atoms with van der Waals surface area (Å²) >= 11 is 6.23. The second-order valence-electron chi connectivity index (χ2n) is 4.09. The van der Waals surface area contributed by atoms with Crippen LogP contribution >= 0.6 is 11.6 Å². The standard InChI is InChI=1S/C15H17ClN2O/c1-3-19-14-7-5-4-6-12(14)15(17-2)11-8-9-18-10-13(11)16/h4-10,15,17H,3H2,1-2H3. The van der Waals surface area contributed by atoms with Crippen molar-refractivity contribution in [3.8, 4) is 5.75 Å². The summed E-state index contributed by atoms with van der Waals surface area (Å²) in [6.45, 7) is 2.61. The minimum absolute atomic E-state index is 0.0155. The van der Waals surface area contributed by atoms with Gasteiger partial charge in [0.05, 0.1) is 17.7 Å². The normalized spacial score (nSPS) is 12.2. The molecule has 1 N–H and O–H groups in total. The number of hydrogen-bond acceptors (Lipinski definition) is 3. The fraction of sp³-hybridized carbons (Fsp3) is 0.267. The van der Waals surface area contributed by atoms with Crippen molar-refractivity contribution >= 4 is 11.6 Å². The third-order valence-corrected chi connectivity index (χ3v) is 3.25. The molecular formula is C15H17ClN2O. The third kappa shape index (κ3) is 3.06. The number of rotatable bonds is 5. The lowest BCUT2D eigenvalue weighted by molar-refractivity contribution is 0.334. The maximum Gasteiger partial charge on any atom is 0.124 e. The molecule has 0 saturated heterocycles. The van der Waals surface area contributed by atoms with E-state index in [1.54, 1.807) is 12.4 Å². The first-order chi connectivity index (χ1) is 9.27. The van der Waals surface area contributed by atoms with E-state index in [2.05, 4.69) is 10.3 Å². The Morgan fingerprint density at radius 2 is 2.05 bits per heavy atom. The van der Waals surface area contributed by atoms with Gasteiger partial charge in [0.15, 0.2) is 0 Å². The lowest BCUT2D eigenvalue weighted by Gasteiger charge is -2.21. The Labute approximate surface area is 118 Å². The first-order valence-electron chi connectivity index (χ1n) is 6.26. The molecule has 1 unspecified atom stereocenters. The van der Waals surface area contributed by atoms with Crippen LogP contribution in [0.2, 0.25) is 5.02 Å². The molecule has 1 aromatic carbocycles. The fourth-order valence-electron chi connectivity index (χ4n) is 2.10. The number of benzene rings is 1. The quantitative estimate of drug-likeness (QED) is 0.908. The highest BCUT2D eigenvalue weighted by atomic mass is 35.5. The van der Waals surface area contributed by atoms with Gasteiger partial charge in [-0.1, -0.05) is 29.8 Å². The first kappa shape index (κ1) is 13.8. The summed E-state index contributed by atoms with van der Waals surface area (Å²) in [5.74, 6) is 0.872. The Bertz CT molecular complexity index is 545. The molecule has 0 amide bonds. The van der Waals surface area contributed by atoms with Gasteiger partial charge in [-0.15, -0.1) is 0 Å². The van der Waals surface area contributed by atoms with E-state index in [0.717, 1.165) is 16.9 Å². The third-order valence-electron chi connectivity index (χ3n) is 2.93. The van der Waals surface area contributed by atoms with Crippen molar-refractivity contribution in [3.05, 3.63) is 58.9 Å². The van der Waals surface area contributed by atoms with Crippen molar-refractivity contribution < 1.29 is 4.74 Å². The molecule has 2 aromatic rings. The number of para-hydroxylation sites is 1. The van der Waals surface area contributed by atoms with Gasteiger partial charge in [0.2, 0.25) is 0 Å². The van der Waals surface area contributed by atoms with E-state index >= 15 is 0 Å². The molecule has 0 bridgehead atoms. The van der Waals surface area contributed by atoms with E-state index in [0.29, 0.717) is 11.6 Å². The van der Waals surface area contributed by atoms with E-state index < -0.39 is 0 Å². The molecule has 0 aliphatic heterocycles. The van der Waals surface area contributed by atoms with E-state index in [1.165, 1.54) is 0 Å². The van der Waals surface area contributed by atoms with Crippen LogP contribution in [-0.2, 0) is 0 Å². The van der Waals surface area contributed by atoms with Gasteiger partial charge in [0.1, 0.15) is 5.75 Å². The van der Waals surface area contributed by atoms with Crippen molar-refractivity contribution in [2.45, 2.75) is 13.0 Å². The molecular weight excluding hydrogens is 260 g/mol. The van der Waals surface area contributed by atoms with Crippen molar-refractivity contribution in [3.63, 3.8) is 0 Å². The predicted molar refractivity (Wildman–Crippen MR) is 77.8 cm³/mol. The lowest BCUT2D eigenvalue weighted by Crippen LogP contribution is -2.19. The molecule has 1 aromatic heterocycles. The van der Waals surface area contributed by atoms with Crippen LogP contribution in [0.25, 0.3) is 0 Å². The van der Waals surface area contributed by atoms with Crippen molar-refractivity contribution in [2.24, 2.45) is 0 Å². The van der Waals surface area contributed by atoms with Gasteiger partial charge in [-0.25, -0.2) is 0 Å². The second-order valence-corrected chi connectivity index (χ2v) is 4.50. The van der Waals surface area contributed by atoms with Crippen LogP contribution in [0, 0.1) is 0 Å². The van der Waals surface area contributed by atoms with Gasteiger partial charge in [-0.05, 0) is 31.7 Å². The molecule has 0 fully saturated rings. The molecule has 19 heavy (non-hydrogen) atoms. The Balaban J connectivity index is 2.45. The zero-order chi connectivity index (χ0) is 13.7. The summed E-state index contributed by atoms with van der Waals surface area (Å²) < 4.78 is 5.68. The van der Waals surface area contributed by atoms with Crippen LogP contribution < -0.4 is 10.1 Å². The molecule has 1 heterocycles. The van der Waals surface area contributed by atoms with Crippen LogP contribution in [0.3, 0.4) is 0 Å². The van der Waals surface area contributed by atoms with Gasteiger partial charge in [0, 0.05) is 18.0 Å². The zero-order valence-electron chi connectivity index (χ0n) is 11.1. The second kappa shape index (κ2) is 6.55. The van der Waals surface area contributed by atoms with Crippen molar-refractivity contribution in [1.29, 1.82) is 0 Å². The van der Waals surface area contributed by atoms with Crippen molar-refractivity contribution in [2.75, 3.05) is 13.7 Å². The average Bonchev–Trinajstić information content (AvgIpc) is 2.44. The average molecular weight is 277 g/mol. The van der Waals surface area contributed by atoms with Crippen molar-refractivity contribution in [1.82, 2.24) is 10.3 Å². The summed E-state index contributed by atoms with van der Waals surface area (Å²) in [5.41, 5.74) is 2.06. The molecule has 4 heteroatoms. The highest BCUT2D eigenvalue weighted by molar-refractivity contribution is 6.31. The molecule has 2 rings (SSSR count). The first-order valence-corrected chi connectivity index (χ1v) is 6.64. The molecule has 100 valence electrons. The summed E-state index contributed by atoms with van der Waals surface area (Å²) in [6, 6.07) is 9.89. The number of nitrogens with zero attached hydrogens (tertiary/aromatic N) is 1. The summed E-state index contributed by atoms with van der Waals surface area (Å²) in [5, 5.41) is 3.93. The number of pyridine rings is 1. The Hall–Kier alpha value is -1.58. The number of ether oxygens (including phenoxy) is 1. The number of aromatic nitrogens is 1. The number of nitrogens with one attached hydrogen (secondary N) is 1. The molecule has 0 aliphatic rings. The van der Waals surface area contributed by atoms with Gasteiger partial charge >= 0.3 is 0 Å². The van der Waals surface area contributed by atoms with Gasteiger partial charge in [0.25, 0.3) is 0 Å². The minimum atomic E-state index is -0.0155. The maximum absolute atomic E-state index is 6.23. The monoisotopic (exact) mass is 276 g/mol. The van der Waals surface area contributed by atoms with Crippen LogP contribution in [0.5, 0.6) is 5.75 Å². The fourth-order valence-corrected chi connectivity index (χ4v) is 2.33. The maximum atomic E-state index is 6.23. The largest absolute Gasteiger partial charge is 0.494 e. The Morgan fingerprint density at radius 3 is 2.74 bits per heavy atom. The minimum Gasteiger partial charge on any atom is -0.494 e. The van der Waals surface area contributed by atoms with E-state index in [9.17, 15) is 0 Å². The summed E-state index contributed by atoms with van der Waals surface area (Å²) in [4.78, 5) is 4.02. The molecule has 0 radical (unpaired) electrons. The van der Waals surface area contributed by atoms with Crippen LogP contribution in [-0.4, -0.2) is 18.6 Å². The summed E-state index contributed by atoms with van der Waals surface area (Å²) in [7, 11) is 1.91. The van der Waals surface area contributed by atoms with Gasteiger partial charge in [-0.3, -0.25) is 4.98 Å². The lowest BCUT2D eigenvalue weighted by atomic mass is 9.99. The molecule has 1 atom stereocenters. The van der Waals surface area contributed by atoms with Crippen LogP contribution in [0.1, 0.15) is 24.1 Å². The Morgan fingerprint density at radius 1 is 1.26 bits per heavy atom. The van der Waals surface area contributed by atoms with E-state index in [1.807, 2.05) is 44.3 Å². The van der Waals surface area contributed by atoms with Crippen LogP contribution in [0.4, 0.5) is 0 Å². The Kier molecular flexibility index (Phi) is 4.77. The van der Waals surface area contributed by atoms with E-state index in [-0.39, 0.29) is 6.04 Å². The van der Waals surface area contributed by atoms with E-state index in [4.69, 9.17) is 16.3 Å². The zero-order valence-corrected chi connectivity index (χ0v) is 11.8. The molecule has 0 saturated carbocycles. The number of halogens is 1. The predicted octanol–water partition coefficient (Wildman–Crippen LogP) is 3.44. The molecule has 0 aliphatic carbocycles. The van der Waals surface area contributed by atoms with Gasteiger partial charge < -0.3 is 10.1 Å². The SMILES string of the molecule is CCOc1ccccc1C(NC)c1ccncc1Cl. The molecule has 0 spiro atoms. The smallest absolute Gasteiger partial charge is 0.124 e. The summed E-state index contributed by atoms with van der Waals surface area (Å²) in [6.07, 6.45) is 3.40. The molecule has 3 nitrogen and oxygen atoms in total. The highest BCUT2D eigenvalue weighted by Crippen LogP contribution is 2.32. The highest BCUT2D eigenvalue weighted by Gasteiger charge is 2.18. The van der Waals surface area contributed by atoms with Gasteiger partial charge in [-0.2, -0.15) is 0 Å².